The number of hydrogen-bond donors (Lipinski definition) is 0. The van der Waals surface area contributed by atoms with Crippen molar-refractivity contribution in [3.63, 3.8) is 0 Å². The van der Waals surface area contributed by atoms with Crippen molar-refractivity contribution < 1.29 is 4.74 Å². The predicted molar refractivity (Wildman–Crippen MR) is 138 cm³/mol. The van der Waals surface area contributed by atoms with Crippen LogP contribution < -0.4 is 4.90 Å². The van der Waals surface area contributed by atoms with Gasteiger partial charge in [0.05, 0.1) is 0 Å². The number of allylic oxidation sites excluding steroid dienone is 6. The van der Waals surface area contributed by atoms with Crippen LogP contribution in [0.2, 0.25) is 0 Å². The van der Waals surface area contributed by atoms with Gasteiger partial charge in [0.1, 0.15) is 29.2 Å². The van der Waals surface area contributed by atoms with Crippen molar-refractivity contribution in [1.29, 1.82) is 10.5 Å². The number of nitriles is 2. The molecule has 3 heterocycles. The summed E-state index contributed by atoms with van der Waals surface area (Å²) in [4.78, 5) is 2.56. The second-order valence-electron chi connectivity index (χ2n) is 11.0. The monoisotopic (exact) mass is 453 g/mol. The van der Waals surface area contributed by atoms with E-state index in [2.05, 4.69) is 58.2 Å². The molecular formula is C30H35N3O. The van der Waals surface area contributed by atoms with E-state index < -0.39 is 0 Å². The van der Waals surface area contributed by atoms with Crippen LogP contribution in [-0.2, 0) is 15.6 Å². The number of ether oxygens (including phenoxy) is 1. The number of hydrogen-bond acceptors (Lipinski definition) is 4. The number of nitrogens with zero attached hydrogens (tertiary/aromatic N) is 3. The zero-order valence-corrected chi connectivity index (χ0v) is 21.2. The second-order valence-corrected chi connectivity index (χ2v) is 11.0. The minimum absolute atomic E-state index is 0.0815. The lowest BCUT2D eigenvalue weighted by atomic mass is 9.69. The number of anilines is 1. The van der Waals surface area contributed by atoms with Gasteiger partial charge in [-0.1, -0.05) is 47.6 Å². The van der Waals surface area contributed by atoms with E-state index >= 15 is 0 Å². The first-order valence-corrected chi connectivity index (χ1v) is 12.4. The summed E-state index contributed by atoms with van der Waals surface area (Å²) in [5.74, 6) is 1.41. The lowest BCUT2D eigenvalue weighted by Crippen LogP contribution is -2.44. The first-order chi connectivity index (χ1) is 16.1. The Balaban J connectivity index is 1.83. The van der Waals surface area contributed by atoms with Crippen molar-refractivity contribution in [2.45, 2.75) is 77.6 Å². The van der Waals surface area contributed by atoms with Gasteiger partial charge >= 0.3 is 0 Å². The Hall–Kier alpha value is -3.24. The zero-order valence-electron chi connectivity index (χ0n) is 21.2. The Labute approximate surface area is 204 Å². The molecule has 0 atom stereocenters. The first kappa shape index (κ1) is 23.9. The van der Waals surface area contributed by atoms with Crippen LogP contribution in [0, 0.1) is 22.7 Å². The van der Waals surface area contributed by atoms with Crippen molar-refractivity contribution in [3.8, 4) is 12.1 Å². The highest BCUT2D eigenvalue weighted by Gasteiger charge is 2.40. The topological polar surface area (TPSA) is 60.1 Å². The maximum Gasteiger partial charge on any atom is 0.137 e. The van der Waals surface area contributed by atoms with Gasteiger partial charge in [-0.25, -0.2) is 0 Å². The van der Waals surface area contributed by atoms with Crippen molar-refractivity contribution >= 4 is 11.3 Å². The molecule has 34 heavy (non-hydrogen) atoms. The summed E-state index contributed by atoms with van der Waals surface area (Å²) in [5.41, 5.74) is 6.87. The van der Waals surface area contributed by atoms with Crippen LogP contribution >= 0.6 is 0 Å². The molecule has 0 aromatic heterocycles. The lowest BCUT2D eigenvalue weighted by molar-refractivity contribution is 0.301. The van der Waals surface area contributed by atoms with E-state index in [9.17, 15) is 10.5 Å². The highest BCUT2D eigenvalue weighted by atomic mass is 16.5. The average molecular weight is 454 g/mol. The highest BCUT2D eigenvalue weighted by molar-refractivity contribution is 5.82. The standard InChI is InChI=1S/C30H35N3O/c1-7-8-9-24-14-22(23(18-31)19-32)17-27(34-24)20(2)21-15-25-28-26(16-21)30(5,6)11-13-33(28)12-10-29(25,3)4/h14-17H,2,7-13H2,1,3-6H3. The van der Waals surface area contributed by atoms with Crippen LogP contribution in [0.4, 0.5) is 5.69 Å². The van der Waals surface area contributed by atoms with Gasteiger partial charge in [-0.05, 0) is 71.1 Å². The molecule has 176 valence electrons. The summed E-state index contributed by atoms with van der Waals surface area (Å²) in [6.07, 6.45) is 8.66. The third-order valence-electron chi connectivity index (χ3n) is 7.68. The van der Waals surface area contributed by atoms with E-state index in [4.69, 9.17) is 4.74 Å². The molecule has 4 rings (SSSR count). The molecule has 4 nitrogen and oxygen atoms in total. The van der Waals surface area contributed by atoms with Gasteiger partial charge in [0.25, 0.3) is 0 Å². The molecule has 0 amide bonds. The van der Waals surface area contributed by atoms with Crippen LogP contribution in [0.3, 0.4) is 0 Å². The molecular weight excluding hydrogens is 418 g/mol. The van der Waals surface area contributed by atoms with Crippen molar-refractivity contribution in [3.05, 3.63) is 70.2 Å². The van der Waals surface area contributed by atoms with Gasteiger partial charge in [-0.15, -0.1) is 0 Å². The van der Waals surface area contributed by atoms with Crippen LogP contribution in [-0.4, -0.2) is 13.1 Å². The van der Waals surface area contributed by atoms with Crippen LogP contribution in [0.5, 0.6) is 0 Å². The van der Waals surface area contributed by atoms with Gasteiger partial charge in [0, 0.05) is 36.3 Å². The lowest BCUT2D eigenvalue weighted by Gasteiger charge is -2.48. The summed E-state index contributed by atoms with van der Waals surface area (Å²) in [6, 6.07) is 8.65. The molecule has 0 bridgehead atoms. The Morgan fingerprint density at radius 3 is 2.15 bits per heavy atom. The summed E-state index contributed by atoms with van der Waals surface area (Å²) < 4.78 is 6.29. The predicted octanol–water partition coefficient (Wildman–Crippen LogP) is 7.20. The average Bonchev–Trinajstić information content (AvgIpc) is 2.81. The molecule has 0 saturated heterocycles. The molecule has 0 unspecified atom stereocenters. The molecule has 0 fully saturated rings. The Bertz CT molecular complexity index is 1150. The van der Waals surface area contributed by atoms with E-state index in [0.717, 1.165) is 62.1 Å². The molecule has 1 aromatic rings. The zero-order chi connectivity index (χ0) is 24.7. The van der Waals surface area contributed by atoms with Gasteiger partial charge in [-0.3, -0.25) is 0 Å². The number of rotatable bonds is 5. The Kier molecular flexibility index (Phi) is 6.22. The van der Waals surface area contributed by atoms with Gasteiger partial charge in [-0.2, -0.15) is 10.5 Å². The van der Waals surface area contributed by atoms with E-state index in [1.165, 1.54) is 16.8 Å². The maximum absolute atomic E-state index is 9.47. The number of benzene rings is 1. The fourth-order valence-corrected chi connectivity index (χ4v) is 5.23. The Morgan fingerprint density at radius 1 is 1.03 bits per heavy atom. The summed E-state index contributed by atoms with van der Waals surface area (Å²) in [6.45, 7) is 18.1. The minimum Gasteiger partial charge on any atom is -0.461 e. The van der Waals surface area contributed by atoms with E-state index in [-0.39, 0.29) is 16.4 Å². The molecule has 3 aliphatic heterocycles. The largest absolute Gasteiger partial charge is 0.461 e. The molecule has 4 heteroatoms. The quantitative estimate of drug-likeness (QED) is 0.442. The Morgan fingerprint density at radius 2 is 1.62 bits per heavy atom. The highest BCUT2D eigenvalue weighted by Crippen LogP contribution is 2.50. The summed E-state index contributed by atoms with van der Waals surface area (Å²) >= 11 is 0. The van der Waals surface area contributed by atoms with Crippen molar-refractivity contribution in [1.82, 2.24) is 0 Å². The number of unbranched alkanes of at least 4 members (excludes halogenated alkanes) is 1. The fraction of sp³-hybridized carbons (Fsp3) is 0.467. The molecule has 0 aliphatic carbocycles. The van der Waals surface area contributed by atoms with E-state index in [1.807, 2.05) is 18.2 Å². The maximum atomic E-state index is 9.47. The minimum atomic E-state index is 0.0815. The van der Waals surface area contributed by atoms with Crippen LogP contribution in [0.1, 0.15) is 83.4 Å². The second kappa shape index (κ2) is 8.84. The van der Waals surface area contributed by atoms with Crippen LogP contribution in [0.15, 0.2) is 53.5 Å². The smallest absolute Gasteiger partial charge is 0.137 e. The fourth-order valence-electron chi connectivity index (χ4n) is 5.23. The van der Waals surface area contributed by atoms with Crippen molar-refractivity contribution in [2.75, 3.05) is 18.0 Å². The third-order valence-corrected chi connectivity index (χ3v) is 7.68. The molecule has 0 N–H and O–H groups in total. The molecule has 3 aliphatic rings. The first-order valence-electron chi connectivity index (χ1n) is 12.4. The van der Waals surface area contributed by atoms with E-state index in [0.29, 0.717) is 11.3 Å². The molecule has 1 aromatic carbocycles. The third kappa shape index (κ3) is 4.19. The SMILES string of the molecule is C=C(C1=CC(=C(C#N)C#N)C=C(CCCC)O1)c1cc2c3c(c1)C(C)(C)CCN3CCC2(C)C. The van der Waals surface area contributed by atoms with Gasteiger partial charge < -0.3 is 9.64 Å². The normalized spacial score (nSPS) is 19.6. The molecule has 0 saturated carbocycles. The van der Waals surface area contributed by atoms with Gasteiger partial charge in [0.2, 0.25) is 0 Å². The van der Waals surface area contributed by atoms with Gasteiger partial charge in [0.15, 0.2) is 0 Å². The molecule has 0 radical (unpaired) electrons. The van der Waals surface area contributed by atoms with E-state index in [1.54, 1.807) is 6.08 Å². The van der Waals surface area contributed by atoms with Crippen LogP contribution in [0.25, 0.3) is 5.57 Å². The summed E-state index contributed by atoms with van der Waals surface area (Å²) in [5, 5.41) is 18.9. The molecule has 0 spiro atoms. The summed E-state index contributed by atoms with van der Waals surface area (Å²) in [7, 11) is 0. The van der Waals surface area contributed by atoms with Crippen molar-refractivity contribution in [2.24, 2.45) is 0 Å².